The fraction of sp³-hybridized carbons (Fsp3) is 0.600. The number of nitrogens with zero attached hydrogens (tertiary/aromatic N) is 3. The number of fused-ring (bicyclic) bond motifs is 1. The maximum Gasteiger partial charge on any atom is 0.107 e. The van der Waals surface area contributed by atoms with E-state index in [1.165, 1.54) is 31.2 Å². The van der Waals surface area contributed by atoms with Gasteiger partial charge in [-0.25, -0.2) is 4.98 Å². The first-order valence-corrected chi connectivity index (χ1v) is 6.89. The average molecular weight is 243 g/mol. The van der Waals surface area contributed by atoms with Gasteiger partial charge in [0.2, 0.25) is 0 Å². The second-order valence-corrected chi connectivity index (χ2v) is 6.40. The molecule has 0 radical (unpaired) electrons. The zero-order valence-corrected chi connectivity index (χ0v) is 11.5. The summed E-state index contributed by atoms with van der Waals surface area (Å²) in [5.41, 5.74) is 3.52. The summed E-state index contributed by atoms with van der Waals surface area (Å²) in [6.07, 6.45) is 9.19. The third kappa shape index (κ3) is 1.92. The van der Waals surface area contributed by atoms with E-state index in [9.17, 15) is 0 Å². The quantitative estimate of drug-likeness (QED) is 0.761. The van der Waals surface area contributed by atoms with E-state index in [1.807, 2.05) is 12.5 Å². The van der Waals surface area contributed by atoms with Crippen molar-refractivity contribution in [1.82, 2.24) is 14.5 Å². The van der Waals surface area contributed by atoms with Crippen molar-refractivity contribution in [3.8, 4) is 0 Å². The SMILES string of the molecule is CC(C)(C)c1cc2c(cn1)ncn2C1CCCC1. The molecule has 2 aromatic heterocycles. The molecule has 0 aliphatic heterocycles. The molecule has 2 aromatic rings. The topological polar surface area (TPSA) is 30.7 Å². The molecule has 3 rings (SSSR count). The van der Waals surface area contributed by atoms with Gasteiger partial charge in [0.15, 0.2) is 0 Å². The smallest absolute Gasteiger partial charge is 0.107 e. The van der Waals surface area contributed by atoms with E-state index in [0.717, 1.165) is 11.2 Å². The zero-order chi connectivity index (χ0) is 12.8. The van der Waals surface area contributed by atoms with Crippen molar-refractivity contribution in [2.75, 3.05) is 0 Å². The van der Waals surface area contributed by atoms with Gasteiger partial charge in [-0.05, 0) is 18.9 Å². The molecule has 0 spiro atoms. The summed E-state index contributed by atoms with van der Waals surface area (Å²) in [4.78, 5) is 9.03. The van der Waals surface area contributed by atoms with Gasteiger partial charge in [0.1, 0.15) is 5.52 Å². The van der Waals surface area contributed by atoms with Crippen LogP contribution in [0.25, 0.3) is 11.0 Å². The monoisotopic (exact) mass is 243 g/mol. The molecule has 0 aromatic carbocycles. The van der Waals surface area contributed by atoms with E-state index in [1.54, 1.807) is 0 Å². The van der Waals surface area contributed by atoms with Gasteiger partial charge in [-0.2, -0.15) is 0 Å². The summed E-state index contributed by atoms with van der Waals surface area (Å²) in [6.45, 7) is 6.62. The number of imidazole rings is 1. The maximum absolute atomic E-state index is 4.54. The summed E-state index contributed by atoms with van der Waals surface area (Å²) < 4.78 is 2.36. The summed E-state index contributed by atoms with van der Waals surface area (Å²) in [5.74, 6) is 0. The second kappa shape index (κ2) is 4.08. The van der Waals surface area contributed by atoms with Crippen molar-refractivity contribution in [2.24, 2.45) is 0 Å². The van der Waals surface area contributed by atoms with Gasteiger partial charge < -0.3 is 4.57 Å². The minimum Gasteiger partial charge on any atom is -0.327 e. The highest BCUT2D eigenvalue weighted by molar-refractivity contribution is 5.75. The maximum atomic E-state index is 4.54. The lowest BCUT2D eigenvalue weighted by Crippen LogP contribution is -2.13. The number of pyridine rings is 1. The van der Waals surface area contributed by atoms with Crippen LogP contribution in [0, 0.1) is 0 Å². The lowest BCUT2D eigenvalue weighted by atomic mass is 9.91. The van der Waals surface area contributed by atoms with Gasteiger partial charge in [-0.3, -0.25) is 4.98 Å². The van der Waals surface area contributed by atoms with Gasteiger partial charge in [0, 0.05) is 17.2 Å². The van der Waals surface area contributed by atoms with Crippen molar-refractivity contribution < 1.29 is 0 Å². The average Bonchev–Trinajstić information content (AvgIpc) is 2.95. The zero-order valence-electron chi connectivity index (χ0n) is 11.5. The number of hydrogen-bond acceptors (Lipinski definition) is 2. The van der Waals surface area contributed by atoms with Crippen LogP contribution < -0.4 is 0 Å². The molecule has 0 N–H and O–H groups in total. The minimum atomic E-state index is 0.0962. The van der Waals surface area contributed by atoms with Crippen LogP contribution in [0.3, 0.4) is 0 Å². The third-order valence-corrected chi connectivity index (χ3v) is 3.95. The Morgan fingerprint density at radius 3 is 2.56 bits per heavy atom. The Balaban J connectivity index is 2.10. The first-order valence-electron chi connectivity index (χ1n) is 6.89. The summed E-state index contributed by atoms with van der Waals surface area (Å²) in [5, 5.41) is 0. The van der Waals surface area contributed by atoms with Crippen LogP contribution in [0.2, 0.25) is 0 Å². The molecular formula is C15H21N3. The molecule has 2 heterocycles. The highest BCUT2D eigenvalue weighted by Gasteiger charge is 2.21. The molecule has 18 heavy (non-hydrogen) atoms. The Labute approximate surface area is 108 Å². The molecule has 3 nitrogen and oxygen atoms in total. The Kier molecular flexibility index (Phi) is 2.65. The van der Waals surface area contributed by atoms with Crippen LogP contribution in [-0.4, -0.2) is 14.5 Å². The Bertz CT molecular complexity index is 557. The Morgan fingerprint density at radius 1 is 1.17 bits per heavy atom. The number of aromatic nitrogens is 3. The normalized spacial score (nSPS) is 17.7. The number of hydrogen-bond donors (Lipinski definition) is 0. The standard InChI is InChI=1S/C15H21N3/c1-15(2,3)14-8-13-12(9-16-14)17-10-18(13)11-6-4-5-7-11/h8-11H,4-7H2,1-3H3. The molecule has 0 atom stereocenters. The van der Waals surface area contributed by atoms with E-state index >= 15 is 0 Å². The summed E-state index contributed by atoms with van der Waals surface area (Å²) in [7, 11) is 0. The second-order valence-electron chi connectivity index (χ2n) is 6.40. The molecule has 3 heteroatoms. The third-order valence-electron chi connectivity index (χ3n) is 3.95. The highest BCUT2D eigenvalue weighted by atomic mass is 15.1. The molecule has 96 valence electrons. The van der Waals surface area contributed by atoms with E-state index in [4.69, 9.17) is 0 Å². The van der Waals surface area contributed by atoms with Crippen LogP contribution in [-0.2, 0) is 5.41 Å². The largest absolute Gasteiger partial charge is 0.327 e. The van der Waals surface area contributed by atoms with Gasteiger partial charge in [-0.15, -0.1) is 0 Å². The van der Waals surface area contributed by atoms with Gasteiger partial charge >= 0.3 is 0 Å². The predicted octanol–water partition coefficient (Wildman–Crippen LogP) is 3.84. The molecule has 0 amide bonds. The van der Waals surface area contributed by atoms with E-state index in [2.05, 4.69) is 41.4 Å². The van der Waals surface area contributed by atoms with Crippen molar-refractivity contribution in [2.45, 2.75) is 57.9 Å². The Morgan fingerprint density at radius 2 is 1.89 bits per heavy atom. The molecule has 1 aliphatic rings. The molecular weight excluding hydrogens is 222 g/mol. The van der Waals surface area contributed by atoms with Gasteiger partial charge in [-0.1, -0.05) is 33.6 Å². The predicted molar refractivity (Wildman–Crippen MR) is 73.7 cm³/mol. The molecule has 1 fully saturated rings. The highest BCUT2D eigenvalue weighted by Crippen LogP contribution is 2.32. The number of rotatable bonds is 1. The first kappa shape index (κ1) is 11.7. The van der Waals surface area contributed by atoms with Crippen molar-refractivity contribution >= 4 is 11.0 Å². The lowest BCUT2D eigenvalue weighted by Gasteiger charge is -2.18. The van der Waals surface area contributed by atoms with Crippen LogP contribution >= 0.6 is 0 Å². The van der Waals surface area contributed by atoms with Crippen molar-refractivity contribution in [3.63, 3.8) is 0 Å². The fourth-order valence-corrected chi connectivity index (χ4v) is 2.81. The Hall–Kier alpha value is -1.38. The summed E-state index contributed by atoms with van der Waals surface area (Å²) in [6, 6.07) is 2.87. The van der Waals surface area contributed by atoms with Gasteiger partial charge in [0.25, 0.3) is 0 Å². The van der Waals surface area contributed by atoms with Crippen LogP contribution in [0.5, 0.6) is 0 Å². The molecule has 0 bridgehead atoms. The molecule has 1 saturated carbocycles. The van der Waals surface area contributed by atoms with Crippen LogP contribution in [0.15, 0.2) is 18.6 Å². The van der Waals surface area contributed by atoms with Gasteiger partial charge in [0.05, 0.1) is 18.0 Å². The van der Waals surface area contributed by atoms with E-state index < -0.39 is 0 Å². The molecule has 1 aliphatic carbocycles. The van der Waals surface area contributed by atoms with Crippen LogP contribution in [0.4, 0.5) is 0 Å². The molecule has 0 saturated heterocycles. The van der Waals surface area contributed by atoms with Crippen LogP contribution in [0.1, 0.15) is 58.2 Å². The first-order chi connectivity index (χ1) is 8.55. The minimum absolute atomic E-state index is 0.0962. The van der Waals surface area contributed by atoms with Crippen molar-refractivity contribution in [1.29, 1.82) is 0 Å². The van der Waals surface area contributed by atoms with Crippen molar-refractivity contribution in [3.05, 3.63) is 24.3 Å². The lowest BCUT2D eigenvalue weighted by molar-refractivity contribution is 0.530. The summed E-state index contributed by atoms with van der Waals surface area (Å²) >= 11 is 0. The fourth-order valence-electron chi connectivity index (χ4n) is 2.81. The van der Waals surface area contributed by atoms with E-state index in [-0.39, 0.29) is 5.41 Å². The molecule has 0 unspecified atom stereocenters. The van der Waals surface area contributed by atoms with E-state index in [0.29, 0.717) is 6.04 Å².